The Hall–Kier alpha value is -2.36. The number of nitrogens with two attached hydrogens (primary N) is 1. The first kappa shape index (κ1) is 16.0. The van der Waals surface area contributed by atoms with Crippen LogP contribution in [0.15, 0.2) is 35.5 Å². The van der Waals surface area contributed by atoms with Crippen molar-refractivity contribution in [3.05, 3.63) is 45.4 Å². The van der Waals surface area contributed by atoms with E-state index >= 15 is 0 Å². The van der Waals surface area contributed by atoms with Gasteiger partial charge in [0, 0.05) is 15.8 Å². The molecule has 112 valence electrons. The molecular formula is C15H11ClN2O3S. The highest BCUT2D eigenvalue weighted by Crippen LogP contribution is 2.35. The van der Waals surface area contributed by atoms with E-state index < -0.39 is 18.4 Å². The number of esters is 1. The molecule has 1 aromatic heterocycles. The molecule has 0 fully saturated rings. The smallest absolute Gasteiger partial charge is 0.350 e. The predicted molar refractivity (Wildman–Crippen MR) is 84.6 cm³/mol. The minimum absolute atomic E-state index is 0.0865. The fraction of sp³-hybridized carbons (Fsp3) is 0.133. The first-order valence-electron chi connectivity index (χ1n) is 6.19. The van der Waals surface area contributed by atoms with Gasteiger partial charge in [-0.05, 0) is 13.0 Å². The van der Waals surface area contributed by atoms with E-state index in [-0.39, 0.29) is 16.1 Å². The number of nitrogens with zero attached hydrogens (tertiary/aromatic N) is 1. The first-order valence-corrected chi connectivity index (χ1v) is 7.39. The molecule has 0 saturated carbocycles. The quantitative estimate of drug-likeness (QED) is 0.527. The lowest BCUT2D eigenvalue weighted by Crippen LogP contribution is -2.17. The highest BCUT2D eigenvalue weighted by Gasteiger charge is 2.20. The van der Waals surface area contributed by atoms with Crippen LogP contribution in [0.25, 0.3) is 10.1 Å². The predicted octanol–water partition coefficient (Wildman–Crippen LogP) is 3.04. The van der Waals surface area contributed by atoms with Gasteiger partial charge in [-0.3, -0.25) is 4.79 Å². The maximum absolute atomic E-state index is 12.0. The fourth-order valence-corrected chi connectivity index (χ4v) is 3.19. The van der Waals surface area contributed by atoms with Crippen LogP contribution in [0, 0.1) is 11.3 Å². The minimum Gasteiger partial charge on any atom is -0.453 e. The lowest BCUT2D eigenvalue weighted by molar-refractivity contribution is -0.118. The molecule has 0 saturated heterocycles. The number of carbonyl (C=O) groups is 2. The summed E-state index contributed by atoms with van der Waals surface area (Å²) >= 11 is 7.34. The van der Waals surface area contributed by atoms with Crippen molar-refractivity contribution in [3.63, 3.8) is 0 Å². The molecule has 0 aliphatic carbocycles. The molecule has 0 unspecified atom stereocenters. The number of ketones is 1. The van der Waals surface area contributed by atoms with Crippen LogP contribution in [0.3, 0.4) is 0 Å². The van der Waals surface area contributed by atoms with E-state index in [9.17, 15) is 9.59 Å². The number of fused-ring (bicyclic) bond motifs is 1. The summed E-state index contributed by atoms with van der Waals surface area (Å²) in [5.74, 6) is -1.35. The van der Waals surface area contributed by atoms with Crippen LogP contribution >= 0.6 is 22.9 Å². The summed E-state index contributed by atoms with van der Waals surface area (Å²) in [7, 11) is 0. The van der Waals surface area contributed by atoms with Crippen molar-refractivity contribution in [1.82, 2.24) is 0 Å². The zero-order valence-electron chi connectivity index (χ0n) is 11.6. The van der Waals surface area contributed by atoms with Crippen LogP contribution in [0.1, 0.15) is 16.6 Å². The fourth-order valence-electron chi connectivity index (χ4n) is 1.78. The van der Waals surface area contributed by atoms with E-state index in [1.54, 1.807) is 12.1 Å². The van der Waals surface area contributed by atoms with Crippen molar-refractivity contribution in [2.45, 2.75) is 6.92 Å². The van der Waals surface area contributed by atoms with Crippen molar-refractivity contribution >= 4 is 44.8 Å². The van der Waals surface area contributed by atoms with E-state index in [0.717, 1.165) is 10.1 Å². The van der Waals surface area contributed by atoms with Crippen LogP contribution in [0.5, 0.6) is 0 Å². The number of hydrogen-bond acceptors (Lipinski definition) is 6. The molecule has 1 aromatic carbocycles. The molecule has 22 heavy (non-hydrogen) atoms. The Balaban J connectivity index is 2.16. The number of nitriles is 1. The Morgan fingerprint density at radius 3 is 2.68 bits per heavy atom. The van der Waals surface area contributed by atoms with Gasteiger partial charge >= 0.3 is 5.97 Å². The van der Waals surface area contributed by atoms with Gasteiger partial charge in [-0.1, -0.05) is 29.8 Å². The molecule has 0 atom stereocenters. The maximum atomic E-state index is 12.0. The van der Waals surface area contributed by atoms with Gasteiger partial charge in [0.15, 0.2) is 6.61 Å². The zero-order valence-corrected chi connectivity index (χ0v) is 13.1. The molecule has 2 N–H and O–H groups in total. The minimum atomic E-state index is -0.702. The van der Waals surface area contributed by atoms with Gasteiger partial charge in [-0.25, -0.2) is 4.79 Å². The number of ether oxygens (including phenoxy) is 1. The SMILES string of the molecule is CC(N)=C(C#N)C(=O)COC(=O)c1sc2ccccc2c1Cl. The van der Waals surface area contributed by atoms with Crippen molar-refractivity contribution in [1.29, 1.82) is 5.26 Å². The topological polar surface area (TPSA) is 93.2 Å². The molecule has 0 aliphatic rings. The number of allylic oxidation sites excluding steroid dienone is 1. The highest BCUT2D eigenvalue weighted by molar-refractivity contribution is 7.21. The summed E-state index contributed by atoms with van der Waals surface area (Å²) in [5, 5.41) is 9.87. The van der Waals surface area contributed by atoms with Crippen molar-refractivity contribution in [2.75, 3.05) is 6.61 Å². The monoisotopic (exact) mass is 334 g/mol. The largest absolute Gasteiger partial charge is 0.453 e. The van der Waals surface area contributed by atoms with Gasteiger partial charge < -0.3 is 10.5 Å². The summed E-state index contributed by atoms with van der Waals surface area (Å²) in [6, 6.07) is 8.97. The Labute approximate surface area is 135 Å². The van der Waals surface area contributed by atoms with Crippen LogP contribution < -0.4 is 5.73 Å². The third-order valence-corrected chi connectivity index (χ3v) is 4.50. The van der Waals surface area contributed by atoms with Crippen LogP contribution in [-0.2, 0) is 9.53 Å². The van der Waals surface area contributed by atoms with Crippen molar-refractivity contribution in [3.8, 4) is 6.07 Å². The third kappa shape index (κ3) is 3.11. The van der Waals surface area contributed by atoms with Gasteiger partial charge in [0.05, 0.1) is 5.02 Å². The number of Topliss-reactive ketones (excluding diaryl/α,β-unsaturated/α-hetero) is 1. The number of rotatable bonds is 4. The van der Waals surface area contributed by atoms with E-state index in [0.29, 0.717) is 5.02 Å². The molecule has 0 radical (unpaired) electrons. The van der Waals surface area contributed by atoms with E-state index in [1.165, 1.54) is 18.3 Å². The highest BCUT2D eigenvalue weighted by atomic mass is 35.5. The molecule has 5 nitrogen and oxygen atoms in total. The number of thiophene rings is 1. The Bertz CT molecular complexity index is 829. The number of carbonyl (C=O) groups excluding carboxylic acids is 2. The molecular weight excluding hydrogens is 324 g/mol. The normalized spacial score (nSPS) is 11.7. The molecule has 2 aromatic rings. The summed E-state index contributed by atoms with van der Waals surface area (Å²) in [6.07, 6.45) is 0. The number of benzene rings is 1. The molecule has 2 rings (SSSR count). The van der Waals surface area contributed by atoms with E-state index in [4.69, 9.17) is 27.3 Å². The maximum Gasteiger partial charge on any atom is 0.350 e. The average molecular weight is 335 g/mol. The first-order chi connectivity index (χ1) is 10.5. The molecule has 0 amide bonds. The van der Waals surface area contributed by atoms with Gasteiger partial charge in [0.1, 0.15) is 16.5 Å². The number of hydrogen-bond donors (Lipinski definition) is 1. The van der Waals surface area contributed by atoms with Gasteiger partial charge in [0.2, 0.25) is 5.78 Å². The Morgan fingerprint density at radius 2 is 2.09 bits per heavy atom. The van der Waals surface area contributed by atoms with Crippen LogP contribution in [0.4, 0.5) is 0 Å². The summed E-state index contributed by atoms with van der Waals surface area (Å²) in [5.41, 5.74) is 5.29. The molecule has 0 spiro atoms. The standard InChI is InChI=1S/C15H11ClN2O3S/c1-8(18)10(6-17)11(19)7-21-15(20)14-13(16)9-4-2-3-5-12(9)22-14/h2-5H,7,18H2,1H3. The molecule has 7 heteroatoms. The summed E-state index contributed by atoms with van der Waals surface area (Å²) in [4.78, 5) is 24.0. The van der Waals surface area contributed by atoms with Gasteiger partial charge in [-0.2, -0.15) is 5.26 Å². The second kappa shape index (κ2) is 6.60. The summed E-state index contributed by atoms with van der Waals surface area (Å²) in [6.45, 7) is 0.877. The van der Waals surface area contributed by atoms with Crippen molar-refractivity contribution < 1.29 is 14.3 Å². The molecule has 0 bridgehead atoms. The zero-order chi connectivity index (χ0) is 16.3. The lowest BCUT2D eigenvalue weighted by Gasteiger charge is -2.03. The van der Waals surface area contributed by atoms with Gasteiger partial charge in [0.25, 0.3) is 0 Å². The van der Waals surface area contributed by atoms with Crippen molar-refractivity contribution in [2.24, 2.45) is 5.73 Å². The molecule has 0 aliphatic heterocycles. The second-order valence-corrected chi connectivity index (χ2v) is 5.84. The van der Waals surface area contributed by atoms with Crippen LogP contribution in [0.2, 0.25) is 5.02 Å². The second-order valence-electron chi connectivity index (χ2n) is 4.41. The van der Waals surface area contributed by atoms with Crippen LogP contribution in [-0.4, -0.2) is 18.4 Å². The lowest BCUT2D eigenvalue weighted by atomic mass is 10.1. The molecule has 1 heterocycles. The third-order valence-electron chi connectivity index (χ3n) is 2.84. The van der Waals surface area contributed by atoms with Gasteiger partial charge in [-0.15, -0.1) is 11.3 Å². The Kier molecular flexibility index (Phi) is 4.81. The van der Waals surface area contributed by atoms with E-state index in [2.05, 4.69) is 0 Å². The average Bonchev–Trinajstić information content (AvgIpc) is 2.83. The Morgan fingerprint density at radius 1 is 1.41 bits per heavy atom. The van der Waals surface area contributed by atoms with E-state index in [1.807, 2.05) is 18.2 Å². The number of halogens is 1. The summed E-state index contributed by atoms with van der Waals surface area (Å²) < 4.78 is 5.78.